The van der Waals surface area contributed by atoms with Crippen molar-refractivity contribution < 1.29 is 119 Å². The third-order valence-corrected chi connectivity index (χ3v) is 16.6. The Morgan fingerprint density at radius 1 is 0.240 bits per heavy atom. The molecule has 3 nitrogen and oxygen atoms in total. The molecule has 12 rings (SSSR count). The number of nitriles is 1. The highest BCUT2D eigenvalue weighted by molar-refractivity contribution is 6.14. The lowest BCUT2D eigenvalue weighted by atomic mass is 9.95. The molecule has 0 unspecified atom stereocenters. The Morgan fingerprint density at radius 2 is 0.490 bits per heavy atom. The molecule has 2 aromatic heterocycles. The number of rotatable bonds is 7. The maximum atomic E-state index is 15.2. The zero-order chi connectivity index (χ0) is 72.9. The predicted molar refractivity (Wildman–Crippen MR) is 312 cm³/mol. The fourth-order valence-electron chi connectivity index (χ4n) is 12.2. The first kappa shape index (κ1) is 69.3. The van der Waals surface area contributed by atoms with Crippen molar-refractivity contribution in [3.8, 4) is 73.1 Å². The molecule has 30 heteroatoms. The molecule has 0 atom stereocenters. The van der Waals surface area contributed by atoms with Gasteiger partial charge < -0.3 is 9.13 Å². The molecule has 0 saturated heterocycles. The smallest absolute Gasteiger partial charge is 0.308 e. The zero-order valence-corrected chi connectivity index (χ0v) is 48.9. The van der Waals surface area contributed by atoms with Gasteiger partial charge in [0, 0.05) is 27.1 Å². The molecule has 0 fully saturated rings. The summed E-state index contributed by atoms with van der Waals surface area (Å²) in [6, 6.07) is 19.3. The Labute approximate surface area is 541 Å². The van der Waals surface area contributed by atoms with Crippen LogP contribution in [-0.4, -0.2) is 9.13 Å². The molecule has 0 saturated carbocycles. The van der Waals surface area contributed by atoms with E-state index in [9.17, 15) is 57.9 Å². The Hall–Kier alpha value is -10.6. The summed E-state index contributed by atoms with van der Waals surface area (Å²) >= 11 is 0. The van der Waals surface area contributed by atoms with Crippen LogP contribution in [-0.2, 0) is 55.6 Å². The monoisotopic (exact) mass is 1430 g/mol. The summed E-state index contributed by atoms with van der Waals surface area (Å²) in [5.74, 6) is 0. The van der Waals surface area contributed by atoms with E-state index in [0.717, 1.165) is 106 Å². The van der Waals surface area contributed by atoms with Crippen LogP contribution in [0.15, 0.2) is 182 Å². The molecule has 0 bridgehead atoms. The van der Waals surface area contributed by atoms with E-state index in [1.165, 1.54) is 0 Å². The highest BCUT2D eigenvalue weighted by Gasteiger charge is 2.44. The maximum Gasteiger partial charge on any atom is 0.417 e. The van der Waals surface area contributed by atoms with Crippen molar-refractivity contribution in [3.63, 3.8) is 0 Å². The molecule has 514 valence electrons. The van der Waals surface area contributed by atoms with E-state index in [1.807, 2.05) is 0 Å². The summed E-state index contributed by atoms with van der Waals surface area (Å²) in [6.07, 6.45) is -49.3. The molecule has 12 aromatic rings. The lowest BCUT2D eigenvalue weighted by Gasteiger charge is -2.22. The summed E-state index contributed by atoms with van der Waals surface area (Å²) in [7, 11) is 0. The maximum absolute atomic E-state index is 15.2. The molecule has 100 heavy (non-hydrogen) atoms. The molecule has 0 aliphatic carbocycles. The fourth-order valence-corrected chi connectivity index (χ4v) is 12.2. The third kappa shape index (κ3) is 12.6. The quantitative estimate of drug-likeness (QED) is 0.146. The van der Waals surface area contributed by atoms with Gasteiger partial charge in [-0.15, -0.1) is 0 Å². The average Bonchev–Trinajstić information content (AvgIpc) is 1.51. The highest BCUT2D eigenvalue weighted by atomic mass is 19.4. The first-order valence-electron chi connectivity index (χ1n) is 28.3. The third-order valence-electron chi connectivity index (χ3n) is 16.6. The van der Waals surface area contributed by atoms with E-state index in [0.29, 0.717) is 36.4 Å². The zero-order valence-electron chi connectivity index (χ0n) is 48.9. The molecule has 2 heterocycles. The summed E-state index contributed by atoms with van der Waals surface area (Å²) in [5, 5.41) is 10.4. The minimum atomic E-state index is -5.61. The molecular weight excluding hydrogens is 1400 g/mol. The second kappa shape index (κ2) is 23.3. The Bertz CT molecular complexity index is 4800. The molecule has 0 amide bonds. The van der Waals surface area contributed by atoms with Crippen molar-refractivity contribution in [2.45, 2.75) is 55.6 Å². The van der Waals surface area contributed by atoms with Crippen molar-refractivity contribution >= 4 is 43.6 Å². The number of hydrogen-bond acceptors (Lipinski definition) is 1. The molecule has 0 spiro atoms. The minimum absolute atomic E-state index is 0.187. The molecule has 0 aliphatic heterocycles. The van der Waals surface area contributed by atoms with Crippen LogP contribution in [0.5, 0.6) is 0 Å². The number of aromatic nitrogens is 2. The lowest BCUT2D eigenvalue weighted by molar-refractivity contribution is -0.144. The van der Waals surface area contributed by atoms with Crippen LogP contribution in [0.3, 0.4) is 0 Å². The summed E-state index contributed by atoms with van der Waals surface area (Å²) in [6.45, 7) is 0. The van der Waals surface area contributed by atoms with E-state index >= 15 is 65.9 Å². The van der Waals surface area contributed by atoms with Crippen LogP contribution in [0, 0.1) is 11.3 Å². The van der Waals surface area contributed by atoms with Crippen LogP contribution in [0.4, 0.5) is 119 Å². The van der Waals surface area contributed by atoms with Crippen molar-refractivity contribution in [2.75, 3.05) is 0 Å². The van der Waals surface area contributed by atoms with Gasteiger partial charge in [0.25, 0.3) is 0 Å². The van der Waals surface area contributed by atoms with E-state index in [2.05, 4.69) is 0 Å². The van der Waals surface area contributed by atoms with Gasteiger partial charge in [-0.05, 0) is 147 Å². The number of halogens is 27. The van der Waals surface area contributed by atoms with Crippen molar-refractivity contribution in [1.82, 2.24) is 9.13 Å². The van der Waals surface area contributed by atoms with Gasteiger partial charge in [0.2, 0.25) is 0 Å². The number of alkyl halides is 27. The number of benzene rings is 10. The van der Waals surface area contributed by atoms with E-state index in [4.69, 9.17) is 0 Å². The van der Waals surface area contributed by atoms with Crippen molar-refractivity contribution in [3.05, 3.63) is 238 Å². The van der Waals surface area contributed by atoms with Gasteiger partial charge in [0.05, 0.1) is 95.1 Å². The Balaban J connectivity index is 1.29. The lowest BCUT2D eigenvalue weighted by Crippen LogP contribution is -2.12. The van der Waals surface area contributed by atoms with Gasteiger partial charge in [-0.3, -0.25) is 0 Å². The minimum Gasteiger partial charge on any atom is -0.308 e. The summed E-state index contributed by atoms with van der Waals surface area (Å²) < 4.78 is 398. The first-order chi connectivity index (χ1) is 46.2. The Morgan fingerprint density at radius 3 is 0.720 bits per heavy atom. The topological polar surface area (TPSA) is 33.6 Å². The number of nitrogens with zero attached hydrogens (tertiary/aromatic N) is 3. The van der Waals surface area contributed by atoms with E-state index in [-0.39, 0.29) is 70.1 Å². The summed E-state index contributed by atoms with van der Waals surface area (Å²) in [5.41, 5.74) is -28.2. The number of hydrogen-bond donors (Lipinski definition) is 0. The molecule has 10 aromatic carbocycles. The SMILES string of the molecule is N#Cc1cc(-n2c3cc(-c4ccc(C(F)(F)F)cc4C(F)(F)F)ccc3c3ccc(-c4ccc(C(F)(F)F)cc4C(F)(F)F)cc32)c(-c2cccc(C(F)(F)F)c2)c(-n2c3cc(-c4ccc(C(F)(F)F)cc4C(F)(F)F)ccc3c3ccc(-c4ccc(C(F)(F)F)cc4C(F)(F)F)cc32)c1. The van der Waals surface area contributed by atoms with Crippen LogP contribution >= 0.6 is 0 Å². The van der Waals surface area contributed by atoms with Gasteiger partial charge in [0.1, 0.15) is 0 Å². The second-order valence-electron chi connectivity index (χ2n) is 22.7. The van der Waals surface area contributed by atoms with Crippen LogP contribution in [0.2, 0.25) is 0 Å². The highest BCUT2D eigenvalue weighted by Crippen LogP contribution is 2.52. The average molecular weight is 1430 g/mol. The fraction of sp³-hybridized carbons (Fsp3) is 0.129. The van der Waals surface area contributed by atoms with Crippen LogP contribution in [0.25, 0.3) is 111 Å². The van der Waals surface area contributed by atoms with Gasteiger partial charge in [-0.2, -0.15) is 124 Å². The second-order valence-corrected chi connectivity index (χ2v) is 22.7. The Kier molecular flexibility index (Phi) is 16.1. The standard InChI is InChI=1S/C70H30F27N3/c71-62(72,73)38-3-1-2-37(22-38)61-59(99-55-23-33(43-16-8-39(63(74,75)76)27-51(43)67(86,87)88)4-12-47(55)48-13-5-34(24-56(48)99)44-17-9-40(64(77,78)79)28-52(44)68(89,90)91)20-32(31-98)21-60(61)100-57-25-35(45-18-10-41(65(80,81)82)29-53(45)69(92,93)94)6-14-49(57)50-15-7-36(26-58(50)100)46-19-11-42(66(83,84)85)30-54(46)70(95,96)97/h1-30H. The first-order valence-corrected chi connectivity index (χ1v) is 28.3. The van der Waals surface area contributed by atoms with Gasteiger partial charge in [0.15, 0.2) is 0 Å². The van der Waals surface area contributed by atoms with Crippen LogP contribution < -0.4 is 0 Å². The van der Waals surface area contributed by atoms with Crippen LogP contribution in [0.1, 0.15) is 55.6 Å². The largest absolute Gasteiger partial charge is 0.417 e. The molecule has 0 radical (unpaired) electrons. The predicted octanol–water partition coefficient (Wildman–Crippen LogP) is 25.3. The number of fused-ring (bicyclic) bond motifs is 6. The van der Waals surface area contributed by atoms with E-state index < -0.39 is 200 Å². The van der Waals surface area contributed by atoms with Gasteiger partial charge >= 0.3 is 55.6 Å². The van der Waals surface area contributed by atoms with Gasteiger partial charge in [-0.1, -0.05) is 84.9 Å². The van der Waals surface area contributed by atoms with E-state index in [1.54, 1.807) is 6.07 Å². The molecule has 0 aliphatic rings. The molecular formula is C70H30F27N3. The van der Waals surface area contributed by atoms with Gasteiger partial charge in [-0.25, -0.2) is 0 Å². The van der Waals surface area contributed by atoms with Crippen molar-refractivity contribution in [1.29, 1.82) is 5.26 Å². The molecule has 0 N–H and O–H groups in total. The normalized spacial score (nSPS) is 13.3. The summed E-state index contributed by atoms with van der Waals surface area (Å²) in [4.78, 5) is 0. The van der Waals surface area contributed by atoms with Crippen molar-refractivity contribution in [2.24, 2.45) is 0 Å².